The van der Waals surface area contributed by atoms with Crippen LogP contribution in [-0.4, -0.2) is 57.9 Å². The smallest absolute Gasteiger partial charge is 0.475 e. The van der Waals surface area contributed by atoms with E-state index in [0.29, 0.717) is 0 Å². The lowest BCUT2D eigenvalue weighted by atomic mass is 10.0. The highest BCUT2D eigenvalue weighted by atomic mass is 31.2. The number of ether oxygens (including phenoxy) is 2. The Kier molecular flexibility index (Phi) is 6.04. The molecule has 0 saturated carbocycles. The minimum Gasteiger partial charge on any atom is -0.476 e. The number of hydrogen-bond acceptors (Lipinski definition) is 10. The highest BCUT2D eigenvalue weighted by molar-refractivity contribution is 7.48. The first kappa shape index (κ1) is 22.8. The van der Waals surface area contributed by atoms with E-state index in [1.54, 1.807) is 20.8 Å². The van der Waals surface area contributed by atoms with Crippen molar-refractivity contribution in [1.82, 2.24) is 19.5 Å². The first-order chi connectivity index (χ1) is 14.0. The molecule has 1 fully saturated rings. The van der Waals surface area contributed by atoms with Crippen LogP contribution in [-0.2, 0) is 28.7 Å². The number of aromatic nitrogens is 4. The van der Waals surface area contributed by atoms with E-state index in [0.717, 1.165) is 24.9 Å². The molecule has 0 aromatic carbocycles. The molecular weight excluding hydrogens is 427 g/mol. The summed E-state index contributed by atoms with van der Waals surface area (Å²) in [4.78, 5) is 12.0. The Bertz CT molecular complexity index is 973. The molecule has 1 unspecified atom stereocenters. The number of anilines is 1. The second-order valence-electron chi connectivity index (χ2n) is 6.98. The van der Waals surface area contributed by atoms with Gasteiger partial charge in [0.05, 0.1) is 19.0 Å². The molecular formula is C16H24F2N5O6P. The molecule has 0 aliphatic carbocycles. The zero-order valence-electron chi connectivity index (χ0n) is 17.2. The lowest BCUT2D eigenvalue weighted by molar-refractivity contribution is -0.269. The maximum absolute atomic E-state index is 16.2. The van der Waals surface area contributed by atoms with Crippen LogP contribution in [0.15, 0.2) is 6.33 Å². The summed E-state index contributed by atoms with van der Waals surface area (Å²) in [6.45, 7) is 5.23. The minimum atomic E-state index is -4.28. The van der Waals surface area contributed by atoms with Crippen molar-refractivity contribution in [1.29, 1.82) is 0 Å². The number of phosphoric ester groups is 1. The fourth-order valence-corrected chi connectivity index (χ4v) is 4.65. The van der Waals surface area contributed by atoms with Crippen molar-refractivity contribution in [3.8, 4) is 5.88 Å². The highest BCUT2D eigenvalue weighted by Crippen LogP contribution is 2.59. The predicted molar refractivity (Wildman–Crippen MR) is 101 cm³/mol. The van der Waals surface area contributed by atoms with Gasteiger partial charge in [-0.1, -0.05) is 0 Å². The van der Waals surface area contributed by atoms with Crippen molar-refractivity contribution < 1.29 is 36.4 Å². The molecule has 1 saturated heterocycles. The second kappa shape index (κ2) is 7.97. The molecule has 11 nitrogen and oxygen atoms in total. The van der Waals surface area contributed by atoms with E-state index < -0.39 is 38.3 Å². The molecule has 168 valence electrons. The van der Waals surface area contributed by atoms with Gasteiger partial charge in [0.2, 0.25) is 17.6 Å². The molecule has 2 aromatic heterocycles. The fourth-order valence-electron chi connectivity index (χ4n) is 3.02. The summed E-state index contributed by atoms with van der Waals surface area (Å²) in [5.41, 5.74) is 5.72. The van der Waals surface area contributed by atoms with E-state index in [1.807, 2.05) is 0 Å². The van der Waals surface area contributed by atoms with Gasteiger partial charge in [-0.2, -0.15) is 9.97 Å². The largest absolute Gasteiger partial charge is 0.476 e. The number of nitrogens with zero attached hydrogens (tertiary/aromatic N) is 4. The number of fused-ring (bicyclic) bond motifs is 1. The van der Waals surface area contributed by atoms with Crippen LogP contribution < -0.4 is 10.5 Å². The number of imidazole rings is 1. The predicted octanol–water partition coefficient (Wildman–Crippen LogP) is 2.71. The molecule has 2 aromatic rings. The fraction of sp³-hybridized carbons (Fsp3) is 0.688. The third kappa shape index (κ3) is 4.00. The molecule has 4 atom stereocenters. The van der Waals surface area contributed by atoms with E-state index in [-0.39, 0.29) is 29.6 Å². The van der Waals surface area contributed by atoms with Crippen molar-refractivity contribution in [3.05, 3.63) is 6.33 Å². The van der Waals surface area contributed by atoms with Crippen LogP contribution in [0.2, 0.25) is 0 Å². The highest BCUT2D eigenvalue weighted by Gasteiger charge is 2.61. The third-order valence-electron chi connectivity index (χ3n) is 4.34. The van der Waals surface area contributed by atoms with Gasteiger partial charge >= 0.3 is 7.82 Å². The number of alkyl halides is 2. The maximum atomic E-state index is 16.2. The standard InChI is InChI=1S/C16H24F2N5O6P/c1-6-26-12-10-11(21-14(19)22-12)23(8-20-10)15(4,17)13-16(18,25-5)7-27-30(24,29-13)28-9(2)3/h8-9,13H,6-7H2,1-5H3,(H2,19,21,22)/t13-,15-,16+,30?/m0/s1. The number of halogens is 2. The van der Waals surface area contributed by atoms with Crippen LogP contribution in [0.4, 0.5) is 14.7 Å². The molecule has 3 rings (SSSR count). The van der Waals surface area contributed by atoms with Gasteiger partial charge in [0.1, 0.15) is 6.61 Å². The summed E-state index contributed by atoms with van der Waals surface area (Å²) >= 11 is 0. The van der Waals surface area contributed by atoms with E-state index in [4.69, 9.17) is 28.8 Å². The Labute approximate surface area is 171 Å². The average Bonchev–Trinajstić information content (AvgIpc) is 3.08. The van der Waals surface area contributed by atoms with Gasteiger partial charge in [0.25, 0.3) is 5.85 Å². The second-order valence-corrected chi connectivity index (χ2v) is 8.56. The summed E-state index contributed by atoms with van der Waals surface area (Å²) in [5, 5.41) is 0. The van der Waals surface area contributed by atoms with Gasteiger partial charge < -0.3 is 15.2 Å². The Morgan fingerprint density at radius 1 is 1.50 bits per heavy atom. The molecule has 1 aliphatic rings. The number of nitrogen functional groups attached to an aromatic ring is 1. The van der Waals surface area contributed by atoms with Crippen LogP contribution in [0.5, 0.6) is 5.88 Å². The van der Waals surface area contributed by atoms with E-state index in [1.165, 1.54) is 0 Å². The summed E-state index contributed by atoms with van der Waals surface area (Å²) in [6.07, 6.45) is -1.60. The topological polar surface area (TPSA) is 133 Å². The van der Waals surface area contributed by atoms with Crippen LogP contribution in [0.3, 0.4) is 0 Å². The van der Waals surface area contributed by atoms with Crippen molar-refractivity contribution in [3.63, 3.8) is 0 Å². The number of methoxy groups -OCH3 is 1. The van der Waals surface area contributed by atoms with E-state index in [9.17, 15) is 4.57 Å². The van der Waals surface area contributed by atoms with Crippen molar-refractivity contribution >= 4 is 24.9 Å². The van der Waals surface area contributed by atoms with Gasteiger partial charge in [-0.15, -0.1) is 0 Å². The zero-order valence-corrected chi connectivity index (χ0v) is 18.1. The lowest BCUT2D eigenvalue weighted by Gasteiger charge is -2.43. The number of rotatable bonds is 7. The van der Waals surface area contributed by atoms with Gasteiger partial charge in [-0.05, 0) is 27.7 Å². The average molecular weight is 451 g/mol. The Balaban J connectivity index is 2.10. The SMILES string of the molecule is CCOc1nc(N)nc2c1ncn2[C@](C)(F)[C@@H]1OP(=O)(OC(C)C)OC[C@@]1(F)OC. The van der Waals surface area contributed by atoms with Crippen LogP contribution >= 0.6 is 7.82 Å². The molecule has 0 amide bonds. The molecule has 3 heterocycles. The normalized spacial score (nSPS) is 29.3. The first-order valence-corrected chi connectivity index (χ1v) is 10.6. The van der Waals surface area contributed by atoms with Gasteiger partial charge in [-0.3, -0.25) is 18.1 Å². The monoisotopic (exact) mass is 451 g/mol. The van der Waals surface area contributed by atoms with E-state index >= 15 is 8.78 Å². The molecule has 2 N–H and O–H groups in total. The molecule has 0 bridgehead atoms. The molecule has 0 radical (unpaired) electrons. The van der Waals surface area contributed by atoms with Gasteiger partial charge in [0.15, 0.2) is 17.3 Å². The minimum absolute atomic E-state index is 0.0366. The van der Waals surface area contributed by atoms with Gasteiger partial charge in [0, 0.05) is 7.11 Å². The molecule has 14 heteroatoms. The van der Waals surface area contributed by atoms with Crippen molar-refractivity contribution in [2.45, 2.75) is 51.6 Å². The van der Waals surface area contributed by atoms with Crippen LogP contribution in [0.25, 0.3) is 11.2 Å². The summed E-state index contributed by atoms with van der Waals surface area (Å²) in [7, 11) is -3.27. The van der Waals surface area contributed by atoms with E-state index in [2.05, 4.69) is 15.0 Å². The Morgan fingerprint density at radius 3 is 2.80 bits per heavy atom. The van der Waals surface area contributed by atoms with Crippen LogP contribution in [0.1, 0.15) is 27.7 Å². The molecule has 30 heavy (non-hydrogen) atoms. The number of nitrogens with two attached hydrogens (primary N) is 1. The van der Waals surface area contributed by atoms with Crippen LogP contribution in [0, 0.1) is 0 Å². The summed E-state index contributed by atoms with van der Waals surface area (Å²) in [5.74, 6) is -5.68. The van der Waals surface area contributed by atoms with Gasteiger partial charge in [-0.25, -0.2) is 18.3 Å². The Hall–Kier alpha value is -1.92. The molecule has 1 aliphatic heterocycles. The first-order valence-electron chi connectivity index (χ1n) is 9.14. The molecule has 0 spiro atoms. The maximum Gasteiger partial charge on any atom is 0.475 e. The summed E-state index contributed by atoms with van der Waals surface area (Å²) < 4.78 is 70.8. The number of hydrogen-bond donors (Lipinski definition) is 1. The summed E-state index contributed by atoms with van der Waals surface area (Å²) in [6, 6.07) is 0. The Morgan fingerprint density at radius 2 is 2.20 bits per heavy atom. The zero-order chi connectivity index (χ0) is 22.3. The van der Waals surface area contributed by atoms with Crippen molar-refractivity contribution in [2.75, 3.05) is 26.1 Å². The quantitative estimate of drug-likeness (QED) is 0.627. The third-order valence-corrected chi connectivity index (χ3v) is 5.93. The van der Waals surface area contributed by atoms with Crippen molar-refractivity contribution in [2.24, 2.45) is 0 Å². The number of phosphoric acid groups is 1. The lowest BCUT2D eigenvalue weighted by Crippen LogP contribution is -2.58.